The number of aromatic nitrogens is 5. The van der Waals surface area contributed by atoms with Crippen LogP contribution in [-0.4, -0.2) is 43.2 Å². The van der Waals surface area contributed by atoms with Gasteiger partial charge in [-0.05, 0) is 43.5 Å². The largest absolute Gasteiger partial charge is 0.297 e. The Morgan fingerprint density at radius 2 is 2.20 bits per heavy atom. The molecule has 20 heavy (non-hydrogen) atoms. The molecule has 0 spiro atoms. The normalized spacial score (nSPS) is 11.1. The number of nitrogens with zero attached hydrogens (tertiary/aromatic N) is 7. The first-order valence-electron chi connectivity index (χ1n) is 6.07. The van der Waals surface area contributed by atoms with Gasteiger partial charge in [-0.3, -0.25) is 4.90 Å². The lowest BCUT2D eigenvalue weighted by molar-refractivity contribution is 0.257. The molecule has 8 heteroatoms. The Hall–Kier alpha value is -2.04. The number of hydrogen-bond donors (Lipinski definition) is 0. The van der Waals surface area contributed by atoms with Crippen molar-refractivity contribution in [2.45, 2.75) is 26.4 Å². The van der Waals surface area contributed by atoms with E-state index in [0.717, 1.165) is 0 Å². The molecule has 0 bridgehead atoms. The molecule has 2 rings (SSSR count). The minimum Gasteiger partial charge on any atom is -0.297 e. The summed E-state index contributed by atoms with van der Waals surface area (Å²) in [6.45, 7) is 4.75. The highest BCUT2D eigenvalue weighted by molar-refractivity contribution is 6.31. The highest BCUT2D eigenvalue weighted by Gasteiger charge is 2.14. The van der Waals surface area contributed by atoms with E-state index < -0.39 is 0 Å². The maximum atomic E-state index is 8.96. The molecule has 2 heterocycles. The van der Waals surface area contributed by atoms with Gasteiger partial charge in [0.2, 0.25) is 0 Å². The van der Waals surface area contributed by atoms with Crippen LogP contribution >= 0.6 is 11.6 Å². The highest BCUT2D eigenvalue weighted by Crippen LogP contribution is 2.16. The fourth-order valence-electron chi connectivity index (χ4n) is 1.52. The zero-order valence-corrected chi connectivity index (χ0v) is 12.2. The van der Waals surface area contributed by atoms with Crippen molar-refractivity contribution in [3.8, 4) is 11.9 Å². The van der Waals surface area contributed by atoms with Crippen molar-refractivity contribution in [3.05, 3.63) is 28.7 Å². The van der Waals surface area contributed by atoms with E-state index in [1.165, 1.54) is 4.68 Å². The Morgan fingerprint density at radius 1 is 1.45 bits per heavy atom. The summed E-state index contributed by atoms with van der Waals surface area (Å²) < 4.78 is 1.51. The minimum absolute atomic E-state index is 0.155. The molecule has 2 aromatic rings. The summed E-state index contributed by atoms with van der Waals surface area (Å²) in [5.41, 5.74) is 0.155. The zero-order chi connectivity index (χ0) is 14.7. The van der Waals surface area contributed by atoms with Gasteiger partial charge in [-0.2, -0.15) is 9.94 Å². The second-order valence-corrected chi connectivity index (χ2v) is 5.03. The summed E-state index contributed by atoms with van der Waals surface area (Å²) in [6, 6.07) is 5.60. The third kappa shape index (κ3) is 2.92. The maximum Gasteiger partial charge on any atom is 0.172 e. The molecule has 104 valence electrons. The second kappa shape index (κ2) is 5.94. The molecule has 0 saturated heterocycles. The summed E-state index contributed by atoms with van der Waals surface area (Å²) in [4.78, 5) is 6.26. The quantitative estimate of drug-likeness (QED) is 0.847. The summed E-state index contributed by atoms with van der Waals surface area (Å²) in [5.74, 6) is 1.13. The van der Waals surface area contributed by atoms with Crippen LogP contribution in [0, 0.1) is 11.3 Å². The van der Waals surface area contributed by atoms with Crippen molar-refractivity contribution in [2.75, 3.05) is 7.05 Å². The molecule has 0 aliphatic carbocycles. The Morgan fingerprint density at radius 3 is 2.85 bits per heavy atom. The van der Waals surface area contributed by atoms with Crippen LogP contribution in [0.5, 0.6) is 0 Å². The SMILES string of the molecule is CC(C)N(C)Cc1nnnn1-c1ccc(Cl)c(C#N)n1. The van der Waals surface area contributed by atoms with Crippen LogP contribution in [0.4, 0.5) is 0 Å². The molecule has 0 aliphatic heterocycles. The highest BCUT2D eigenvalue weighted by atomic mass is 35.5. The molecule has 0 atom stereocenters. The number of pyridine rings is 1. The van der Waals surface area contributed by atoms with Crippen molar-refractivity contribution >= 4 is 11.6 Å². The summed E-state index contributed by atoms with van der Waals surface area (Å²) in [5, 5.41) is 20.9. The third-order valence-electron chi connectivity index (χ3n) is 2.96. The van der Waals surface area contributed by atoms with Crippen molar-refractivity contribution in [3.63, 3.8) is 0 Å². The molecule has 0 saturated carbocycles. The summed E-state index contributed by atoms with van der Waals surface area (Å²) >= 11 is 5.87. The predicted molar refractivity (Wildman–Crippen MR) is 73.3 cm³/mol. The van der Waals surface area contributed by atoms with Gasteiger partial charge >= 0.3 is 0 Å². The molecule has 0 aliphatic rings. The van der Waals surface area contributed by atoms with Gasteiger partial charge in [-0.15, -0.1) is 5.10 Å². The van der Waals surface area contributed by atoms with Crippen molar-refractivity contribution < 1.29 is 0 Å². The van der Waals surface area contributed by atoms with E-state index in [-0.39, 0.29) is 5.69 Å². The lowest BCUT2D eigenvalue weighted by atomic mass is 10.3. The first-order valence-corrected chi connectivity index (χ1v) is 6.45. The Labute approximate surface area is 121 Å². The van der Waals surface area contributed by atoms with Crippen LogP contribution < -0.4 is 0 Å². The number of hydrogen-bond acceptors (Lipinski definition) is 6. The third-order valence-corrected chi connectivity index (χ3v) is 3.27. The van der Waals surface area contributed by atoms with Crippen molar-refractivity contribution in [1.82, 2.24) is 30.1 Å². The number of nitriles is 1. The lowest BCUT2D eigenvalue weighted by Gasteiger charge is -2.19. The predicted octanol–water partition coefficient (Wildman–Crippen LogP) is 1.42. The fraction of sp³-hybridized carbons (Fsp3) is 0.417. The van der Waals surface area contributed by atoms with Crippen LogP contribution in [0.25, 0.3) is 5.82 Å². The zero-order valence-electron chi connectivity index (χ0n) is 11.4. The molecule has 0 radical (unpaired) electrons. The van der Waals surface area contributed by atoms with Gasteiger partial charge in [0.15, 0.2) is 17.3 Å². The van der Waals surface area contributed by atoms with E-state index in [0.29, 0.717) is 29.3 Å². The van der Waals surface area contributed by atoms with Gasteiger partial charge in [-0.1, -0.05) is 11.6 Å². The molecule has 2 aromatic heterocycles. The molecule has 0 amide bonds. The average Bonchev–Trinajstić information content (AvgIpc) is 2.87. The molecular weight excluding hydrogens is 278 g/mol. The summed E-state index contributed by atoms with van der Waals surface area (Å²) in [7, 11) is 1.99. The fourth-order valence-corrected chi connectivity index (χ4v) is 1.66. The van der Waals surface area contributed by atoms with Crippen molar-refractivity contribution in [1.29, 1.82) is 5.26 Å². The molecule has 0 N–H and O–H groups in total. The first-order chi connectivity index (χ1) is 9.52. The van der Waals surface area contributed by atoms with E-state index in [1.807, 2.05) is 13.1 Å². The molecule has 0 fully saturated rings. The molecular formula is C12H14ClN7. The maximum absolute atomic E-state index is 8.96. The second-order valence-electron chi connectivity index (χ2n) is 4.63. The molecule has 0 unspecified atom stereocenters. The van der Waals surface area contributed by atoms with Crippen molar-refractivity contribution in [2.24, 2.45) is 0 Å². The molecule has 0 aromatic carbocycles. The number of rotatable bonds is 4. The monoisotopic (exact) mass is 291 g/mol. The first kappa shape index (κ1) is 14.4. The van der Waals surface area contributed by atoms with Gasteiger partial charge in [0.1, 0.15) is 6.07 Å². The van der Waals surface area contributed by atoms with E-state index in [4.69, 9.17) is 16.9 Å². The Bertz CT molecular complexity index is 643. The van der Waals surface area contributed by atoms with E-state index in [9.17, 15) is 0 Å². The Balaban J connectivity index is 2.35. The van der Waals surface area contributed by atoms with Crippen LogP contribution in [-0.2, 0) is 6.54 Å². The van der Waals surface area contributed by atoms with Crippen LogP contribution in [0.15, 0.2) is 12.1 Å². The van der Waals surface area contributed by atoms with Gasteiger partial charge in [0, 0.05) is 6.04 Å². The topological polar surface area (TPSA) is 83.5 Å². The van der Waals surface area contributed by atoms with Gasteiger partial charge in [0.25, 0.3) is 0 Å². The standard InChI is InChI=1S/C12H14ClN7/c1-8(2)19(3)7-12-16-17-18-20(12)11-5-4-9(13)10(6-14)15-11/h4-5,8H,7H2,1-3H3. The smallest absolute Gasteiger partial charge is 0.172 e. The van der Waals surface area contributed by atoms with E-state index in [2.05, 4.69) is 39.3 Å². The average molecular weight is 292 g/mol. The van der Waals surface area contributed by atoms with Gasteiger partial charge in [0.05, 0.1) is 11.6 Å². The number of halogens is 1. The van der Waals surface area contributed by atoms with Crippen LogP contribution in [0.3, 0.4) is 0 Å². The van der Waals surface area contributed by atoms with Crippen LogP contribution in [0.2, 0.25) is 5.02 Å². The van der Waals surface area contributed by atoms with Gasteiger partial charge < -0.3 is 0 Å². The summed E-state index contributed by atoms with van der Waals surface area (Å²) in [6.07, 6.45) is 0. The van der Waals surface area contributed by atoms with Gasteiger partial charge in [-0.25, -0.2) is 4.98 Å². The lowest BCUT2D eigenvalue weighted by Crippen LogP contribution is -2.27. The van der Waals surface area contributed by atoms with E-state index in [1.54, 1.807) is 12.1 Å². The minimum atomic E-state index is 0.155. The molecule has 7 nitrogen and oxygen atoms in total. The van der Waals surface area contributed by atoms with Crippen LogP contribution in [0.1, 0.15) is 25.4 Å². The Kier molecular flexibility index (Phi) is 4.27. The number of tetrazole rings is 1. The van der Waals surface area contributed by atoms with E-state index >= 15 is 0 Å².